The van der Waals surface area contributed by atoms with E-state index in [0.29, 0.717) is 10.9 Å². The lowest BCUT2D eigenvalue weighted by Gasteiger charge is -2.10. The molecule has 0 amide bonds. The summed E-state index contributed by atoms with van der Waals surface area (Å²) in [5.41, 5.74) is 0.0151. The van der Waals surface area contributed by atoms with Gasteiger partial charge in [-0.05, 0) is 29.0 Å². The third-order valence-electron chi connectivity index (χ3n) is 3.43. The van der Waals surface area contributed by atoms with Crippen molar-refractivity contribution in [2.45, 2.75) is 0 Å². The molecule has 0 atom stereocenters. The van der Waals surface area contributed by atoms with Crippen molar-refractivity contribution in [1.29, 1.82) is 0 Å². The maximum absolute atomic E-state index is 12.4. The number of hydrogen-bond donors (Lipinski definition) is 2. The summed E-state index contributed by atoms with van der Waals surface area (Å²) in [5, 5.41) is 20.5. The van der Waals surface area contributed by atoms with E-state index < -0.39 is 17.7 Å². The monoisotopic (exact) mass is 308 g/mol. The molecule has 5 heteroatoms. The van der Waals surface area contributed by atoms with Gasteiger partial charge < -0.3 is 14.9 Å². The second kappa shape index (κ2) is 5.81. The zero-order chi connectivity index (χ0) is 16.4. The number of carboxylic acids is 1. The highest BCUT2D eigenvalue weighted by atomic mass is 16.5. The van der Waals surface area contributed by atoms with Gasteiger partial charge in [0.15, 0.2) is 11.5 Å². The van der Waals surface area contributed by atoms with Gasteiger partial charge in [0.05, 0.1) is 5.56 Å². The molecule has 3 aromatic rings. The fourth-order valence-corrected chi connectivity index (χ4v) is 2.35. The molecule has 0 saturated heterocycles. The Morgan fingerprint density at radius 1 is 0.826 bits per heavy atom. The Bertz CT molecular complexity index is 909. The molecule has 0 radical (unpaired) electrons. The second-order valence-electron chi connectivity index (χ2n) is 4.88. The summed E-state index contributed by atoms with van der Waals surface area (Å²) in [6.07, 6.45) is 0. The average Bonchev–Trinajstić information content (AvgIpc) is 2.55. The number of ether oxygens (including phenoxy) is 1. The number of carboxylic acid groups (broad SMARTS) is 1. The first-order valence-corrected chi connectivity index (χ1v) is 6.83. The van der Waals surface area contributed by atoms with Crippen molar-refractivity contribution in [1.82, 2.24) is 0 Å². The van der Waals surface area contributed by atoms with E-state index in [0.717, 1.165) is 5.39 Å². The van der Waals surface area contributed by atoms with Gasteiger partial charge in [0.2, 0.25) is 0 Å². The van der Waals surface area contributed by atoms with Crippen LogP contribution in [0.2, 0.25) is 0 Å². The minimum Gasteiger partial charge on any atom is -0.504 e. The van der Waals surface area contributed by atoms with E-state index in [1.807, 2.05) is 18.2 Å². The predicted molar refractivity (Wildman–Crippen MR) is 84.0 cm³/mol. The van der Waals surface area contributed by atoms with Crippen molar-refractivity contribution in [3.63, 3.8) is 0 Å². The summed E-state index contributed by atoms with van der Waals surface area (Å²) in [5.74, 6) is -2.79. The van der Waals surface area contributed by atoms with Crippen molar-refractivity contribution in [3.05, 3.63) is 71.8 Å². The minimum absolute atomic E-state index is 0.279. The van der Waals surface area contributed by atoms with Crippen LogP contribution in [0.5, 0.6) is 11.5 Å². The third kappa shape index (κ3) is 2.72. The van der Waals surface area contributed by atoms with Crippen LogP contribution < -0.4 is 4.74 Å². The molecule has 0 bridgehead atoms. The highest BCUT2D eigenvalue weighted by Crippen LogP contribution is 2.31. The van der Waals surface area contributed by atoms with Crippen LogP contribution in [-0.2, 0) is 0 Å². The number of esters is 1. The molecule has 0 aliphatic carbocycles. The number of fused-ring (bicyclic) bond motifs is 1. The number of aromatic carboxylic acids is 1. The van der Waals surface area contributed by atoms with E-state index >= 15 is 0 Å². The summed E-state index contributed by atoms with van der Waals surface area (Å²) in [6.45, 7) is 0. The standard InChI is InChI=1S/C18H12O5/c19-15-10-4-9-14(17(20)21)16(15)23-18(22)13-8-3-6-11-5-1-2-7-12(11)13/h1-10,19H,(H,20,21). The number of carbonyl (C=O) groups excluding carboxylic acids is 1. The first kappa shape index (κ1) is 14.6. The molecule has 114 valence electrons. The molecule has 5 nitrogen and oxygen atoms in total. The predicted octanol–water partition coefficient (Wildman–Crippen LogP) is 3.46. The summed E-state index contributed by atoms with van der Waals surface area (Å²) in [7, 11) is 0. The maximum Gasteiger partial charge on any atom is 0.344 e. The first-order chi connectivity index (χ1) is 11.1. The van der Waals surface area contributed by atoms with E-state index in [9.17, 15) is 14.7 Å². The lowest BCUT2D eigenvalue weighted by Crippen LogP contribution is -2.12. The number of phenolic OH excluding ortho intramolecular Hbond substituents is 1. The van der Waals surface area contributed by atoms with Crippen LogP contribution in [0, 0.1) is 0 Å². The van der Waals surface area contributed by atoms with Gasteiger partial charge in [-0.25, -0.2) is 9.59 Å². The molecular formula is C18H12O5. The molecule has 23 heavy (non-hydrogen) atoms. The Balaban J connectivity index is 2.04. The van der Waals surface area contributed by atoms with Gasteiger partial charge in [-0.15, -0.1) is 0 Å². The molecular weight excluding hydrogens is 296 g/mol. The zero-order valence-electron chi connectivity index (χ0n) is 11.9. The van der Waals surface area contributed by atoms with E-state index in [1.165, 1.54) is 18.2 Å². The topological polar surface area (TPSA) is 83.8 Å². The number of aromatic hydroxyl groups is 1. The van der Waals surface area contributed by atoms with Gasteiger partial charge in [-0.3, -0.25) is 0 Å². The molecule has 2 N–H and O–H groups in total. The van der Waals surface area contributed by atoms with Crippen LogP contribution in [0.25, 0.3) is 10.8 Å². The second-order valence-corrected chi connectivity index (χ2v) is 4.88. The third-order valence-corrected chi connectivity index (χ3v) is 3.43. The molecule has 0 fully saturated rings. The quantitative estimate of drug-likeness (QED) is 0.572. The first-order valence-electron chi connectivity index (χ1n) is 6.83. The molecule has 3 aromatic carbocycles. The van der Waals surface area contributed by atoms with Gasteiger partial charge in [0, 0.05) is 0 Å². The smallest absolute Gasteiger partial charge is 0.344 e. The van der Waals surface area contributed by atoms with Crippen LogP contribution in [0.15, 0.2) is 60.7 Å². The van der Waals surface area contributed by atoms with Gasteiger partial charge in [-0.1, -0.05) is 42.5 Å². The molecule has 3 rings (SSSR count). The van der Waals surface area contributed by atoms with Crippen molar-refractivity contribution >= 4 is 22.7 Å². The maximum atomic E-state index is 12.4. The van der Waals surface area contributed by atoms with Crippen molar-refractivity contribution in [2.24, 2.45) is 0 Å². The number of phenols is 1. The van der Waals surface area contributed by atoms with Gasteiger partial charge in [-0.2, -0.15) is 0 Å². The highest BCUT2D eigenvalue weighted by Gasteiger charge is 2.20. The number of carbonyl (C=O) groups is 2. The Kier molecular flexibility index (Phi) is 3.68. The van der Waals surface area contributed by atoms with Gasteiger partial charge in [0.25, 0.3) is 0 Å². The summed E-state index contributed by atoms with van der Waals surface area (Å²) >= 11 is 0. The molecule has 0 unspecified atom stereocenters. The lowest BCUT2D eigenvalue weighted by molar-refractivity contribution is 0.0679. The Morgan fingerprint density at radius 3 is 2.26 bits per heavy atom. The fraction of sp³-hybridized carbons (Fsp3) is 0. The van der Waals surface area contributed by atoms with Crippen molar-refractivity contribution in [2.75, 3.05) is 0 Å². The summed E-state index contributed by atoms with van der Waals surface area (Å²) in [4.78, 5) is 23.6. The van der Waals surface area contributed by atoms with Crippen LogP contribution >= 0.6 is 0 Å². The molecule has 0 aromatic heterocycles. The minimum atomic E-state index is -1.29. The van der Waals surface area contributed by atoms with Gasteiger partial charge >= 0.3 is 11.9 Å². The molecule has 0 aliphatic heterocycles. The molecule has 0 heterocycles. The normalized spacial score (nSPS) is 10.4. The number of hydrogen-bond acceptors (Lipinski definition) is 4. The van der Waals surface area contributed by atoms with Crippen LogP contribution in [0.1, 0.15) is 20.7 Å². The lowest BCUT2D eigenvalue weighted by atomic mass is 10.0. The fourth-order valence-electron chi connectivity index (χ4n) is 2.35. The highest BCUT2D eigenvalue weighted by molar-refractivity contribution is 6.06. The van der Waals surface area contributed by atoms with Crippen molar-refractivity contribution in [3.8, 4) is 11.5 Å². The largest absolute Gasteiger partial charge is 0.504 e. The SMILES string of the molecule is O=C(O)c1cccc(O)c1OC(=O)c1cccc2ccccc12. The van der Waals surface area contributed by atoms with Crippen LogP contribution in [-0.4, -0.2) is 22.2 Å². The number of rotatable bonds is 3. The van der Waals surface area contributed by atoms with Gasteiger partial charge in [0.1, 0.15) is 5.56 Å². The van der Waals surface area contributed by atoms with Crippen molar-refractivity contribution < 1.29 is 24.5 Å². The van der Waals surface area contributed by atoms with Crippen LogP contribution in [0.3, 0.4) is 0 Å². The van der Waals surface area contributed by atoms with E-state index in [4.69, 9.17) is 9.84 Å². The number of benzene rings is 3. The Hall–Kier alpha value is -3.34. The Morgan fingerprint density at radius 2 is 1.48 bits per heavy atom. The van der Waals surface area contributed by atoms with E-state index in [1.54, 1.807) is 24.3 Å². The summed E-state index contributed by atoms with van der Waals surface area (Å²) < 4.78 is 5.16. The summed E-state index contributed by atoms with van der Waals surface area (Å²) in [6, 6.07) is 16.3. The van der Waals surface area contributed by atoms with E-state index in [2.05, 4.69) is 0 Å². The van der Waals surface area contributed by atoms with Crippen LogP contribution in [0.4, 0.5) is 0 Å². The molecule has 0 saturated carbocycles. The average molecular weight is 308 g/mol. The zero-order valence-corrected chi connectivity index (χ0v) is 11.9. The molecule has 0 spiro atoms. The van der Waals surface area contributed by atoms with E-state index in [-0.39, 0.29) is 11.3 Å². The molecule has 0 aliphatic rings. The number of para-hydroxylation sites is 1. The Labute approximate surface area is 131 Å².